The minimum absolute atomic E-state index is 0.0547. The molecule has 3 heterocycles. The predicted molar refractivity (Wildman–Crippen MR) is 108 cm³/mol. The van der Waals surface area contributed by atoms with Crippen molar-refractivity contribution in [3.05, 3.63) is 47.6 Å². The van der Waals surface area contributed by atoms with E-state index >= 15 is 0 Å². The Labute approximate surface area is 172 Å². The highest BCUT2D eigenvalue weighted by Crippen LogP contribution is 2.28. The zero-order valence-corrected chi connectivity index (χ0v) is 17.3. The number of carbonyl (C=O) groups is 1. The van der Waals surface area contributed by atoms with Gasteiger partial charge in [-0.05, 0) is 31.5 Å². The highest BCUT2D eigenvalue weighted by molar-refractivity contribution is 5.79. The SMILES string of the molecule is CC(C)c1nc(C2COCCN2C(=O)C2CCN(Cc3ccccc3)CC2)no1. The van der Waals surface area contributed by atoms with Gasteiger partial charge in [0.15, 0.2) is 5.82 Å². The van der Waals surface area contributed by atoms with Crippen LogP contribution < -0.4 is 0 Å². The van der Waals surface area contributed by atoms with Gasteiger partial charge in [-0.2, -0.15) is 4.98 Å². The molecule has 2 aliphatic heterocycles. The molecule has 1 atom stereocenters. The van der Waals surface area contributed by atoms with Crippen LogP contribution in [0.15, 0.2) is 34.9 Å². The fourth-order valence-corrected chi connectivity index (χ4v) is 4.11. The molecular formula is C22H30N4O3. The molecule has 4 rings (SSSR count). The van der Waals surface area contributed by atoms with Gasteiger partial charge in [0.05, 0.1) is 13.2 Å². The fraction of sp³-hybridized carbons (Fsp3) is 0.591. The van der Waals surface area contributed by atoms with E-state index in [1.807, 2.05) is 24.8 Å². The van der Waals surface area contributed by atoms with E-state index in [4.69, 9.17) is 9.26 Å². The van der Waals surface area contributed by atoms with Crippen molar-refractivity contribution in [2.24, 2.45) is 5.92 Å². The third-order valence-electron chi connectivity index (χ3n) is 5.85. The van der Waals surface area contributed by atoms with Crippen molar-refractivity contribution in [3.8, 4) is 0 Å². The molecule has 0 radical (unpaired) electrons. The van der Waals surface area contributed by atoms with E-state index in [0.717, 1.165) is 32.5 Å². The minimum Gasteiger partial charge on any atom is -0.377 e. The van der Waals surface area contributed by atoms with Crippen molar-refractivity contribution < 1.29 is 14.1 Å². The van der Waals surface area contributed by atoms with Crippen LogP contribution in [0.25, 0.3) is 0 Å². The van der Waals surface area contributed by atoms with Crippen LogP contribution in [0.3, 0.4) is 0 Å². The number of morpholine rings is 1. The fourth-order valence-electron chi connectivity index (χ4n) is 4.11. The number of carbonyl (C=O) groups excluding carboxylic acids is 1. The van der Waals surface area contributed by atoms with Gasteiger partial charge in [-0.3, -0.25) is 9.69 Å². The number of aromatic nitrogens is 2. The quantitative estimate of drug-likeness (QED) is 0.771. The van der Waals surface area contributed by atoms with Crippen LogP contribution in [0.4, 0.5) is 0 Å². The third-order valence-corrected chi connectivity index (χ3v) is 5.85. The maximum absolute atomic E-state index is 13.3. The van der Waals surface area contributed by atoms with E-state index in [-0.39, 0.29) is 23.8 Å². The number of benzene rings is 1. The van der Waals surface area contributed by atoms with Gasteiger partial charge in [0.1, 0.15) is 6.04 Å². The van der Waals surface area contributed by atoms with Gasteiger partial charge < -0.3 is 14.2 Å². The first-order chi connectivity index (χ1) is 14.1. The van der Waals surface area contributed by atoms with E-state index < -0.39 is 0 Å². The molecule has 0 aliphatic carbocycles. The monoisotopic (exact) mass is 398 g/mol. The number of rotatable bonds is 5. The molecule has 156 valence electrons. The Morgan fingerprint density at radius 3 is 2.62 bits per heavy atom. The minimum atomic E-state index is -0.255. The Hall–Kier alpha value is -2.25. The molecule has 2 aliphatic rings. The Bertz CT molecular complexity index is 799. The van der Waals surface area contributed by atoms with Crippen molar-refractivity contribution in [2.75, 3.05) is 32.8 Å². The molecule has 7 nitrogen and oxygen atoms in total. The smallest absolute Gasteiger partial charge is 0.229 e. The van der Waals surface area contributed by atoms with Gasteiger partial charge in [0, 0.05) is 24.9 Å². The summed E-state index contributed by atoms with van der Waals surface area (Å²) in [6.07, 6.45) is 1.78. The second-order valence-electron chi connectivity index (χ2n) is 8.30. The molecule has 0 spiro atoms. The molecule has 0 saturated carbocycles. The highest BCUT2D eigenvalue weighted by Gasteiger charge is 2.36. The lowest BCUT2D eigenvalue weighted by Gasteiger charge is -2.38. The second kappa shape index (κ2) is 9.05. The molecule has 1 unspecified atom stereocenters. The lowest BCUT2D eigenvalue weighted by molar-refractivity contribution is -0.146. The molecule has 2 fully saturated rings. The summed E-state index contributed by atoms with van der Waals surface area (Å²) in [7, 11) is 0. The normalized spacial score (nSPS) is 21.6. The van der Waals surface area contributed by atoms with Crippen molar-refractivity contribution >= 4 is 5.91 Å². The van der Waals surface area contributed by atoms with Crippen LogP contribution in [-0.2, 0) is 16.1 Å². The molecule has 1 amide bonds. The Morgan fingerprint density at radius 1 is 1.17 bits per heavy atom. The summed E-state index contributed by atoms with van der Waals surface area (Å²) in [6.45, 7) is 8.43. The van der Waals surface area contributed by atoms with Crippen LogP contribution in [0.1, 0.15) is 55.9 Å². The number of hydrogen-bond donors (Lipinski definition) is 0. The maximum Gasteiger partial charge on any atom is 0.229 e. The molecule has 2 aromatic rings. The summed E-state index contributed by atoms with van der Waals surface area (Å²) in [5.74, 6) is 1.59. The molecular weight excluding hydrogens is 368 g/mol. The molecule has 7 heteroatoms. The average molecular weight is 399 g/mol. The van der Waals surface area contributed by atoms with Gasteiger partial charge in [0.2, 0.25) is 11.8 Å². The Balaban J connectivity index is 1.37. The van der Waals surface area contributed by atoms with Crippen molar-refractivity contribution in [2.45, 2.75) is 45.2 Å². The number of likely N-dealkylation sites (tertiary alicyclic amines) is 1. The third kappa shape index (κ3) is 4.67. The van der Waals surface area contributed by atoms with Crippen LogP contribution in [0, 0.1) is 5.92 Å². The first-order valence-corrected chi connectivity index (χ1v) is 10.6. The number of amides is 1. The zero-order valence-electron chi connectivity index (χ0n) is 17.3. The summed E-state index contributed by atoms with van der Waals surface area (Å²) in [5.41, 5.74) is 1.32. The number of ether oxygens (including phenoxy) is 1. The number of piperidine rings is 1. The van der Waals surface area contributed by atoms with Crippen LogP contribution >= 0.6 is 0 Å². The van der Waals surface area contributed by atoms with Gasteiger partial charge in [-0.1, -0.05) is 49.3 Å². The standard InChI is InChI=1S/C22H30N4O3/c1-16(2)21-23-20(24-29-21)19-15-28-13-12-26(19)22(27)18-8-10-25(11-9-18)14-17-6-4-3-5-7-17/h3-7,16,18-19H,8-15H2,1-2H3. The Morgan fingerprint density at radius 2 is 1.93 bits per heavy atom. The zero-order chi connectivity index (χ0) is 20.2. The predicted octanol–water partition coefficient (Wildman–Crippen LogP) is 3.01. The van der Waals surface area contributed by atoms with Crippen molar-refractivity contribution in [3.63, 3.8) is 0 Å². The topological polar surface area (TPSA) is 71.7 Å². The van der Waals surface area contributed by atoms with Gasteiger partial charge in [-0.15, -0.1) is 0 Å². The van der Waals surface area contributed by atoms with E-state index in [2.05, 4.69) is 39.3 Å². The molecule has 0 N–H and O–H groups in total. The second-order valence-corrected chi connectivity index (χ2v) is 8.30. The molecule has 0 bridgehead atoms. The van der Waals surface area contributed by atoms with E-state index in [0.29, 0.717) is 31.5 Å². The summed E-state index contributed by atoms with van der Waals surface area (Å²) in [6, 6.07) is 10.3. The summed E-state index contributed by atoms with van der Waals surface area (Å²) < 4.78 is 11.0. The highest BCUT2D eigenvalue weighted by atomic mass is 16.5. The molecule has 1 aromatic heterocycles. The average Bonchev–Trinajstić information content (AvgIpc) is 3.25. The summed E-state index contributed by atoms with van der Waals surface area (Å²) >= 11 is 0. The number of nitrogens with zero attached hydrogens (tertiary/aromatic N) is 4. The van der Waals surface area contributed by atoms with Crippen molar-refractivity contribution in [1.29, 1.82) is 0 Å². The van der Waals surface area contributed by atoms with Gasteiger partial charge >= 0.3 is 0 Å². The van der Waals surface area contributed by atoms with E-state index in [1.165, 1.54) is 5.56 Å². The summed E-state index contributed by atoms with van der Waals surface area (Å²) in [5, 5.41) is 4.13. The molecule has 29 heavy (non-hydrogen) atoms. The van der Waals surface area contributed by atoms with Crippen LogP contribution in [-0.4, -0.2) is 58.7 Å². The Kier molecular flexibility index (Phi) is 6.25. The maximum atomic E-state index is 13.3. The number of hydrogen-bond acceptors (Lipinski definition) is 6. The molecule has 1 aromatic carbocycles. The lowest BCUT2D eigenvalue weighted by Crippen LogP contribution is -2.48. The molecule has 2 saturated heterocycles. The van der Waals surface area contributed by atoms with E-state index in [9.17, 15) is 4.79 Å². The summed E-state index contributed by atoms with van der Waals surface area (Å²) in [4.78, 5) is 22.2. The van der Waals surface area contributed by atoms with Gasteiger partial charge in [-0.25, -0.2) is 0 Å². The van der Waals surface area contributed by atoms with E-state index in [1.54, 1.807) is 0 Å². The lowest BCUT2D eigenvalue weighted by atomic mass is 9.94. The first-order valence-electron chi connectivity index (χ1n) is 10.6. The largest absolute Gasteiger partial charge is 0.377 e. The first kappa shape index (κ1) is 20.0. The van der Waals surface area contributed by atoms with Gasteiger partial charge in [0.25, 0.3) is 0 Å². The van der Waals surface area contributed by atoms with Crippen molar-refractivity contribution in [1.82, 2.24) is 19.9 Å². The van der Waals surface area contributed by atoms with Crippen LogP contribution in [0.2, 0.25) is 0 Å². The van der Waals surface area contributed by atoms with Crippen LogP contribution in [0.5, 0.6) is 0 Å².